The average molecular weight is 185 g/mol. The van der Waals surface area contributed by atoms with Crippen LogP contribution < -0.4 is 0 Å². The van der Waals surface area contributed by atoms with Gasteiger partial charge < -0.3 is 5.11 Å². The van der Waals surface area contributed by atoms with Crippen LogP contribution in [0, 0.1) is 0 Å². The quantitative estimate of drug-likeness (QED) is 0.777. The van der Waals surface area contributed by atoms with Gasteiger partial charge in [0, 0.05) is 11.8 Å². The Kier molecular flexibility index (Phi) is 3.22. The molecule has 0 aromatic carbocycles. The summed E-state index contributed by atoms with van der Waals surface area (Å²) in [5, 5.41) is 11.4. The lowest BCUT2D eigenvalue weighted by molar-refractivity contribution is -0.136. The van der Waals surface area contributed by atoms with Crippen LogP contribution in [-0.4, -0.2) is 16.1 Å². The van der Waals surface area contributed by atoms with Crippen LogP contribution in [0.5, 0.6) is 0 Å². The van der Waals surface area contributed by atoms with E-state index in [1.807, 2.05) is 12.3 Å². The lowest BCUT2D eigenvalue weighted by atomic mass is 10.2. The van der Waals surface area contributed by atoms with E-state index >= 15 is 0 Å². The predicted octanol–water partition coefficient (Wildman–Crippen LogP) is 1.72. The van der Waals surface area contributed by atoms with Crippen LogP contribution in [0.15, 0.2) is 5.38 Å². The van der Waals surface area contributed by atoms with Gasteiger partial charge in [-0.1, -0.05) is 6.92 Å². The zero-order valence-corrected chi connectivity index (χ0v) is 7.73. The van der Waals surface area contributed by atoms with Gasteiger partial charge in [-0.15, -0.1) is 11.3 Å². The highest BCUT2D eigenvalue weighted by Gasteiger charge is 2.02. The third kappa shape index (κ3) is 2.62. The Morgan fingerprint density at radius 3 is 3.00 bits per heavy atom. The molecule has 0 bridgehead atoms. The lowest BCUT2D eigenvalue weighted by Crippen LogP contribution is -1.97. The Hall–Kier alpha value is -0.900. The second kappa shape index (κ2) is 4.21. The largest absolute Gasteiger partial charge is 0.481 e. The number of carbonyl (C=O) groups is 1. The highest BCUT2D eigenvalue weighted by molar-refractivity contribution is 7.09. The van der Waals surface area contributed by atoms with Gasteiger partial charge in [-0.3, -0.25) is 4.79 Å². The molecule has 1 aromatic rings. The Labute approximate surface area is 75.1 Å². The van der Waals surface area contributed by atoms with Gasteiger partial charge in [0.15, 0.2) is 0 Å². The first kappa shape index (κ1) is 9.19. The molecule has 0 spiro atoms. The fourth-order valence-electron chi connectivity index (χ4n) is 0.861. The molecule has 1 rings (SSSR count). The molecule has 66 valence electrons. The summed E-state index contributed by atoms with van der Waals surface area (Å²) in [5.41, 5.74) is 0.902. The maximum atomic E-state index is 10.2. The number of aryl methyl sites for hydroxylation is 2. The van der Waals surface area contributed by atoms with Gasteiger partial charge in [0.1, 0.15) is 0 Å². The Balaban J connectivity index is 2.47. The molecule has 0 radical (unpaired) electrons. The first-order valence-corrected chi connectivity index (χ1v) is 4.75. The molecule has 0 saturated heterocycles. The van der Waals surface area contributed by atoms with Gasteiger partial charge in [-0.05, 0) is 6.42 Å². The number of carboxylic acid groups (broad SMARTS) is 1. The highest BCUT2D eigenvalue weighted by atomic mass is 32.1. The molecular weight excluding hydrogens is 174 g/mol. The minimum Gasteiger partial charge on any atom is -0.481 e. The van der Waals surface area contributed by atoms with Crippen LogP contribution in [0.3, 0.4) is 0 Å². The molecule has 1 aromatic heterocycles. The van der Waals surface area contributed by atoms with Gasteiger partial charge in [0.25, 0.3) is 0 Å². The minimum atomic E-state index is -0.763. The number of hydrogen-bond donors (Lipinski definition) is 1. The summed E-state index contributed by atoms with van der Waals surface area (Å²) in [5.74, 6) is -0.763. The summed E-state index contributed by atoms with van der Waals surface area (Å²) >= 11 is 1.60. The molecule has 0 aliphatic rings. The van der Waals surface area contributed by atoms with Crippen molar-refractivity contribution < 1.29 is 9.90 Å². The van der Waals surface area contributed by atoms with E-state index < -0.39 is 5.97 Å². The predicted molar refractivity (Wildman–Crippen MR) is 47.4 cm³/mol. The van der Waals surface area contributed by atoms with Crippen molar-refractivity contribution in [1.82, 2.24) is 4.98 Å². The van der Waals surface area contributed by atoms with Crippen molar-refractivity contribution in [2.75, 3.05) is 0 Å². The third-order valence-corrected chi connectivity index (χ3v) is 2.54. The van der Waals surface area contributed by atoms with Crippen LogP contribution in [0.2, 0.25) is 0 Å². The summed E-state index contributed by atoms with van der Waals surface area (Å²) in [4.78, 5) is 14.5. The molecule has 0 fully saturated rings. The fraction of sp³-hybridized carbons (Fsp3) is 0.500. The molecule has 0 amide bonds. The zero-order chi connectivity index (χ0) is 8.97. The smallest absolute Gasteiger partial charge is 0.303 e. The molecule has 1 heterocycles. The van der Waals surface area contributed by atoms with E-state index in [1.165, 1.54) is 0 Å². The number of carboxylic acids is 1. The van der Waals surface area contributed by atoms with Crippen molar-refractivity contribution >= 4 is 17.3 Å². The maximum Gasteiger partial charge on any atom is 0.303 e. The van der Waals surface area contributed by atoms with Crippen LogP contribution in [0.25, 0.3) is 0 Å². The molecule has 0 aliphatic carbocycles. The molecule has 0 atom stereocenters. The number of rotatable bonds is 4. The third-order valence-electron chi connectivity index (χ3n) is 1.50. The van der Waals surface area contributed by atoms with Crippen molar-refractivity contribution in [2.24, 2.45) is 0 Å². The van der Waals surface area contributed by atoms with E-state index in [1.54, 1.807) is 11.3 Å². The van der Waals surface area contributed by atoms with Crippen molar-refractivity contribution in [3.05, 3.63) is 16.1 Å². The van der Waals surface area contributed by atoms with E-state index in [0.29, 0.717) is 6.42 Å². The Morgan fingerprint density at radius 2 is 2.50 bits per heavy atom. The number of nitrogens with zero attached hydrogens (tertiary/aromatic N) is 1. The fourth-order valence-corrected chi connectivity index (χ4v) is 1.64. The second-order valence-corrected chi connectivity index (χ2v) is 3.42. The standard InChI is InChI=1S/C8H11NO2S/c1-2-7-9-6(5-12-7)3-4-8(10)11/h5H,2-4H2,1H3,(H,10,11). The second-order valence-electron chi connectivity index (χ2n) is 2.48. The highest BCUT2D eigenvalue weighted by Crippen LogP contribution is 2.11. The van der Waals surface area contributed by atoms with Crippen molar-refractivity contribution in [2.45, 2.75) is 26.2 Å². The summed E-state index contributed by atoms with van der Waals surface area (Å²) in [6, 6.07) is 0. The van der Waals surface area contributed by atoms with Crippen LogP contribution in [0.1, 0.15) is 24.0 Å². The summed E-state index contributed by atoms with van der Waals surface area (Å²) in [6.07, 6.45) is 1.65. The number of thiazole rings is 1. The van der Waals surface area contributed by atoms with Crippen molar-refractivity contribution in [1.29, 1.82) is 0 Å². The van der Waals surface area contributed by atoms with E-state index in [2.05, 4.69) is 4.98 Å². The number of aromatic nitrogens is 1. The van der Waals surface area contributed by atoms with Gasteiger partial charge >= 0.3 is 5.97 Å². The normalized spacial score (nSPS) is 10.1. The molecule has 3 nitrogen and oxygen atoms in total. The van der Waals surface area contributed by atoms with E-state index in [-0.39, 0.29) is 6.42 Å². The molecule has 1 N–H and O–H groups in total. The molecule has 0 aliphatic heterocycles. The first-order chi connectivity index (χ1) is 5.72. The Morgan fingerprint density at radius 1 is 1.75 bits per heavy atom. The van der Waals surface area contributed by atoms with E-state index in [0.717, 1.165) is 17.1 Å². The van der Waals surface area contributed by atoms with Crippen molar-refractivity contribution in [3.63, 3.8) is 0 Å². The molecule has 4 heteroatoms. The molecule has 0 unspecified atom stereocenters. The number of aliphatic carboxylic acids is 1. The van der Waals surface area contributed by atoms with Gasteiger partial charge in [0.2, 0.25) is 0 Å². The molecule has 0 saturated carbocycles. The summed E-state index contributed by atoms with van der Waals surface area (Å²) in [6.45, 7) is 2.04. The van der Waals surface area contributed by atoms with Gasteiger partial charge in [0.05, 0.1) is 17.1 Å². The van der Waals surface area contributed by atoms with Gasteiger partial charge in [-0.2, -0.15) is 0 Å². The van der Waals surface area contributed by atoms with Crippen LogP contribution in [0.4, 0.5) is 0 Å². The Bertz CT molecular complexity index is 270. The molecular formula is C8H11NO2S. The van der Waals surface area contributed by atoms with Crippen LogP contribution in [-0.2, 0) is 17.6 Å². The molecule has 12 heavy (non-hydrogen) atoms. The minimum absolute atomic E-state index is 0.173. The van der Waals surface area contributed by atoms with Crippen LogP contribution >= 0.6 is 11.3 Å². The maximum absolute atomic E-state index is 10.2. The number of hydrogen-bond acceptors (Lipinski definition) is 3. The topological polar surface area (TPSA) is 50.2 Å². The first-order valence-electron chi connectivity index (χ1n) is 3.87. The average Bonchev–Trinajstić information content (AvgIpc) is 2.48. The van der Waals surface area contributed by atoms with E-state index in [9.17, 15) is 4.79 Å². The van der Waals surface area contributed by atoms with E-state index in [4.69, 9.17) is 5.11 Å². The lowest BCUT2D eigenvalue weighted by Gasteiger charge is -1.90. The van der Waals surface area contributed by atoms with Gasteiger partial charge in [-0.25, -0.2) is 4.98 Å². The monoisotopic (exact) mass is 185 g/mol. The van der Waals surface area contributed by atoms with Crippen molar-refractivity contribution in [3.8, 4) is 0 Å². The summed E-state index contributed by atoms with van der Waals surface area (Å²) in [7, 11) is 0. The zero-order valence-electron chi connectivity index (χ0n) is 6.91. The summed E-state index contributed by atoms with van der Waals surface area (Å²) < 4.78 is 0. The SMILES string of the molecule is CCc1nc(CCC(=O)O)cs1.